The second kappa shape index (κ2) is 9.85. The van der Waals surface area contributed by atoms with Gasteiger partial charge >= 0.3 is 5.97 Å². The number of carboxylic acid groups (broad SMARTS) is 1. The molecule has 0 aliphatic carbocycles. The van der Waals surface area contributed by atoms with E-state index in [1.165, 1.54) is 0 Å². The molecule has 0 heterocycles. The lowest BCUT2D eigenvalue weighted by Crippen LogP contribution is -2.23. The minimum absolute atomic E-state index is 0.172. The summed E-state index contributed by atoms with van der Waals surface area (Å²) in [6, 6.07) is 9.80. The van der Waals surface area contributed by atoms with E-state index in [0.717, 1.165) is 5.56 Å². The number of hydrogen-bond donors (Lipinski definition) is 1. The van der Waals surface area contributed by atoms with E-state index >= 15 is 0 Å². The molecular formula is C19H26O4. The van der Waals surface area contributed by atoms with Crippen LogP contribution >= 0.6 is 0 Å². The maximum absolute atomic E-state index is 11.3. The van der Waals surface area contributed by atoms with Crippen molar-refractivity contribution >= 4 is 5.97 Å². The molecule has 0 bridgehead atoms. The van der Waals surface area contributed by atoms with Crippen LogP contribution in [0.15, 0.2) is 54.3 Å². The van der Waals surface area contributed by atoms with Gasteiger partial charge in [-0.3, -0.25) is 0 Å². The molecule has 23 heavy (non-hydrogen) atoms. The molecule has 126 valence electrons. The van der Waals surface area contributed by atoms with Crippen molar-refractivity contribution in [1.29, 1.82) is 0 Å². The zero-order valence-corrected chi connectivity index (χ0v) is 14.1. The summed E-state index contributed by atoms with van der Waals surface area (Å²) >= 11 is 0. The second-order valence-corrected chi connectivity index (χ2v) is 5.81. The molecule has 0 spiro atoms. The number of hydrogen-bond acceptors (Lipinski definition) is 3. The number of ether oxygens (including phenoxy) is 2. The molecule has 0 aromatic heterocycles. The quantitative estimate of drug-likeness (QED) is 0.399. The molecule has 0 aliphatic heterocycles. The van der Waals surface area contributed by atoms with E-state index in [2.05, 4.69) is 20.4 Å². The van der Waals surface area contributed by atoms with Crippen LogP contribution in [0.1, 0.15) is 32.8 Å². The average molecular weight is 318 g/mol. The zero-order chi connectivity index (χ0) is 17.2. The highest BCUT2D eigenvalue weighted by Gasteiger charge is 2.23. The highest BCUT2D eigenvalue weighted by molar-refractivity contribution is 5.86. The van der Waals surface area contributed by atoms with E-state index in [4.69, 9.17) is 9.47 Å². The minimum Gasteiger partial charge on any atom is -0.491 e. The molecule has 1 unspecified atom stereocenters. The number of carboxylic acids is 1. The van der Waals surface area contributed by atoms with Crippen molar-refractivity contribution in [3.63, 3.8) is 0 Å². The Morgan fingerprint density at radius 2 is 1.96 bits per heavy atom. The minimum atomic E-state index is -0.999. The Bertz CT molecular complexity index is 532. The Kier molecular flexibility index (Phi) is 8.13. The van der Waals surface area contributed by atoms with Crippen LogP contribution in [0, 0.1) is 5.92 Å². The highest BCUT2D eigenvalue weighted by Crippen LogP contribution is 2.22. The van der Waals surface area contributed by atoms with Crippen molar-refractivity contribution in [2.24, 2.45) is 5.92 Å². The normalized spacial score (nSPS) is 13.4. The van der Waals surface area contributed by atoms with Crippen molar-refractivity contribution in [3.8, 4) is 0 Å². The van der Waals surface area contributed by atoms with Crippen LogP contribution in [-0.4, -0.2) is 23.8 Å². The molecule has 1 aromatic rings. The Labute approximate surface area is 138 Å². The van der Waals surface area contributed by atoms with Crippen LogP contribution in [-0.2, 0) is 20.9 Å². The maximum Gasteiger partial charge on any atom is 0.334 e. The standard InChI is InChI=1S/C19H26O4/c1-5-11-22-18(15(4)19(20)21)17(12-14(2)3)23-13-16-9-7-6-8-10-16/h5-10,14,17H,1,11-13H2,2-4H3,(H,20,21)/b18-15+. The zero-order valence-electron chi connectivity index (χ0n) is 14.1. The number of rotatable bonds is 10. The van der Waals surface area contributed by atoms with Crippen LogP contribution in [0.5, 0.6) is 0 Å². The number of aliphatic carboxylic acids is 1. The molecule has 0 amide bonds. The first-order valence-corrected chi connectivity index (χ1v) is 7.79. The summed E-state index contributed by atoms with van der Waals surface area (Å²) < 4.78 is 11.6. The van der Waals surface area contributed by atoms with Crippen molar-refractivity contribution in [3.05, 3.63) is 59.9 Å². The smallest absolute Gasteiger partial charge is 0.334 e. The molecule has 0 fully saturated rings. The third kappa shape index (κ3) is 6.70. The van der Waals surface area contributed by atoms with Crippen molar-refractivity contribution in [2.45, 2.75) is 39.9 Å². The van der Waals surface area contributed by atoms with Crippen molar-refractivity contribution < 1.29 is 19.4 Å². The first-order chi connectivity index (χ1) is 11.0. The van der Waals surface area contributed by atoms with Gasteiger partial charge in [0.1, 0.15) is 18.5 Å². The summed E-state index contributed by atoms with van der Waals surface area (Å²) in [6.45, 7) is 9.96. The van der Waals surface area contributed by atoms with Gasteiger partial charge in [0.15, 0.2) is 0 Å². The van der Waals surface area contributed by atoms with E-state index in [0.29, 0.717) is 24.7 Å². The number of benzene rings is 1. The van der Waals surface area contributed by atoms with Gasteiger partial charge in [0.05, 0.1) is 12.2 Å². The average Bonchev–Trinajstić information content (AvgIpc) is 2.52. The van der Waals surface area contributed by atoms with Gasteiger partial charge < -0.3 is 14.6 Å². The van der Waals surface area contributed by atoms with Gasteiger partial charge in [-0.2, -0.15) is 0 Å². The fraction of sp³-hybridized carbons (Fsp3) is 0.421. The second-order valence-electron chi connectivity index (χ2n) is 5.81. The van der Waals surface area contributed by atoms with Crippen LogP contribution in [0.2, 0.25) is 0 Å². The lowest BCUT2D eigenvalue weighted by molar-refractivity contribution is -0.133. The summed E-state index contributed by atoms with van der Waals surface area (Å²) in [5.41, 5.74) is 1.21. The molecule has 4 nitrogen and oxygen atoms in total. The Morgan fingerprint density at radius 3 is 2.48 bits per heavy atom. The van der Waals surface area contributed by atoms with Gasteiger partial charge in [0.25, 0.3) is 0 Å². The number of carbonyl (C=O) groups is 1. The molecule has 1 atom stereocenters. The van der Waals surface area contributed by atoms with Gasteiger partial charge in [0.2, 0.25) is 0 Å². The van der Waals surface area contributed by atoms with E-state index < -0.39 is 12.1 Å². The first kappa shape index (κ1) is 19.0. The van der Waals surface area contributed by atoms with Crippen molar-refractivity contribution in [2.75, 3.05) is 6.61 Å². The van der Waals surface area contributed by atoms with Crippen LogP contribution < -0.4 is 0 Å². The van der Waals surface area contributed by atoms with Gasteiger partial charge in [0, 0.05) is 0 Å². The van der Waals surface area contributed by atoms with Crippen LogP contribution in [0.3, 0.4) is 0 Å². The topological polar surface area (TPSA) is 55.8 Å². The maximum atomic E-state index is 11.3. The summed E-state index contributed by atoms with van der Waals surface area (Å²) in [6.07, 6.45) is 1.88. The Hall–Kier alpha value is -2.07. The van der Waals surface area contributed by atoms with E-state index in [-0.39, 0.29) is 12.2 Å². The molecule has 1 N–H and O–H groups in total. The fourth-order valence-corrected chi connectivity index (χ4v) is 2.15. The fourth-order valence-electron chi connectivity index (χ4n) is 2.15. The first-order valence-electron chi connectivity index (χ1n) is 7.79. The third-order valence-corrected chi connectivity index (χ3v) is 3.32. The van der Waals surface area contributed by atoms with E-state index in [1.807, 2.05) is 30.3 Å². The summed E-state index contributed by atoms with van der Waals surface area (Å²) in [5.74, 6) is -0.275. The summed E-state index contributed by atoms with van der Waals surface area (Å²) in [7, 11) is 0. The largest absolute Gasteiger partial charge is 0.491 e. The van der Waals surface area contributed by atoms with Gasteiger partial charge in [-0.1, -0.05) is 56.8 Å². The molecule has 0 saturated carbocycles. The SMILES string of the molecule is C=CCO/C(=C(\C)C(=O)O)C(CC(C)C)OCc1ccccc1. The van der Waals surface area contributed by atoms with Crippen LogP contribution in [0.4, 0.5) is 0 Å². The Morgan fingerprint density at radius 1 is 1.30 bits per heavy atom. The van der Waals surface area contributed by atoms with Gasteiger partial charge in [-0.05, 0) is 24.8 Å². The molecule has 4 heteroatoms. The highest BCUT2D eigenvalue weighted by atomic mass is 16.5. The monoisotopic (exact) mass is 318 g/mol. The van der Waals surface area contributed by atoms with Gasteiger partial charge in [-0.15, -0.1) is 0 Å². The Balaban J connectivity index is 2.97. The third-order valence-electron chi connectivity index (χ3n) is 3.32. The molecule has 1 rings (SSSR count). The predicted molar refractivity (Wildman–Crippen MR) is 91.0 cm³/mol. The lowest BCUT2D eigenvalue weighted by atomic mass is 10.0. The molecule has 1 aromatic carbocycles. The molecule has 0 aliphatic rings. The summed E-state index contributed by atoms with van der Waals surface area (Å²) in [4.78, 5) is 11.3. The van der Waals surface area contributed by atoms with E-state index in [1.54, 1.807) is 13.0 Å². The summed E-state index contributed by atoms with van der Waals surface area (Å²) in [5, 5.41) is 9.30. The molecular weight excluding hydrogens is 292 g/mol. The van der Waals surface area contributed by atoms with Crippen molar-refractivity contribution in [1.82, 2.24) is 0 Å². The lowest BCUT2D eigenvalue weighted by Gasteiger charge is -2.24. The van der Waals surface area contributed by atoms with E-state index in [9.17, 15) is 9.90 Å². The van der Waals surface area contributed by atoms with Gasteiger partial charge in [-0.25, -0.2) is 4.79 Å². The molecule has 0 saturated heterocycles. The molecule has 0 radical (unpaired) electrons. The predicted octanol–water partition coefficient (Wildman–Crippen LogP) is 4.18. The van der Waals surface area contributed by atoms with Crippen LogP contribution in [0.25, 0.3) is 0 Å².